The van der Waals surface area contributed by atoms with Crippen molar-refractivity contribution in [3.8, 4) is 0 Å². The Morgan fingerprint density at radius 2 is 1.92 bits per heavy atom. The average molecular weight is 202 g/mol. The lowest BCUT2D eigenvalue weighted by Gasteiger charge is -2.33. The van der Waals surface area contributed by atoms with Gasteiger partial charge in [0.15, 0.2) is 9.04 Å². The van der Waals surface area contributed by atoms with Gasteiger partial charge in [-0.25, -0.2) is 0 Å². The Morgan fingerprint density at radius 3 is 2.15 bits per heavy atom. The molecular formula is C10H22O2Si. The van der Waals surface area contributed by atoms with E-state index in [1.165, 1.54) is 0 Å². The van der Waals surface area contributed by atoms with E-state index in [4.69, 9.17) is 9.53 Å². The van der Waals surface area contributed by atoms with E-state index < -0.39 is 9.04 Å². The van der Waals surface area contributed by atoms with E-state index in [-0.39, 0.29) is 18.1 Å². The molecule has 0 aliphatic rings. The maximum Gasteiger partial charge on any atom is 0.171 e. The first kappa shape index (κ1) is 12.9. The zero-order chi connectivity index (χ0) is 10.6. The largest absolute Gasteiger partial charge is 0.413 e. The fourth-order valence-corrected chi connectivity index (χ4v) is 2.41. The van der Waals surface area contributed by atoms with Crippen LogP contribution in [0.3, 0.4) is 0 Å². The molecule has 1 N–H and O–H groups in total. The van der Waals surface area contributed by atoms with Crippen molar-refractivity contribution in [3.63, 3.8) is 0 Å². The Kier molecular flexibility index (Phi) is 4.89. The van der Waals surface area contributed by atoms with Crippen molar-refractivity contribution < 1.29 is 9.53 Å². The van der Waals surface area contributed by atoms with Crippen molar-refractivity contribution in [1.82, 2.24) is 0 Å². The Bertz CT molecular complexity index is 170. The molecule has 0 amide bonds. The number of hydrogen-bond donors (Lipinski definition) is 1. The van der Waals surface area contributed by atoms with Crippen LogP contribution in [0.15, 0.2) is 12.2 Å². The molecule has 0 saturated carbocycles. The lowest BCUT2D eigenvalue weighted by molar-refractivity contribution is 0.106. The Morgan fingerprint density at radius 1 is 1.46 bits per heavy atom. The number of aliphatic hydroxyl groups excluding tert-OH is 1. The molecule has 13 heavy (non-hydrogen) atoms. The van der Waals surface area contributed by atoms with Crippen LogP contribution in [0.25, 0.3) is 0 Å². The van der Waals surface area contributed by atoms with Crippen LogP contribution in [0.1, 0.15) is 20.8 Å². The number of aliphatic hydroxyl groups is 1. The third kappa shape index (κ3) is 4.60. The van der Waals surface area contributed by atoms with Gasteiger partial charge in [-0.2, -0.15) is 0 Å². The lowest BCUT2D eigenvalue weighted by atomic mass is 9.85. The van der Waals surface area contributed by atoms with Crippen molar-refractivity contribution in [2.75, 3.05) is 6.61 Å². The summed E-state index contributed by atoms with van der Waals surface area (Å²) >= 11 is 0. The molecule has 1 atom stereocenters. The van der Waals surface area contributed by atoms with E-state index in [2.05, 4.69) is 40.4 Å². The highest BCUT2D eigenvalue weighted by atomic mass is 28.3. The van der Waals surface area contributed by atoms with E-state index in [9.17, 15) is 0 Å². The Hall–Kier alpha value is -0.123. The van der Waals surface area contributed by atoms with Crippen LogP contribution in [0.4, 0.5) is 0 Å². The van der Waals surface area contributed by atoms with Gasteiger partial charge in [0.1, 0.15) is 0 Å². The van der Waals surface area contributed by atoms with E-state index in [1.54, 1.807) is 0 Å². The molecule has 0 fully saturated rings. The maximum absolute atomic E-state index is 9.02. The molecule has 78 valence electrons. The molecule has 2 nitrogen and oxygen atoms in total. The highest BCUT2D eigenvalue weighted by Gasteiger charge is 2.28. The molecule has 1 unspecified atom stereocenters. The van der Waals surface area contributed by atoms with Gasteiger partial charge in [-0.1, -0.05) is 27.4 Å². The monoisotopic (exact) mass is 202 g/mol. The normalized spacial score (nSPS) is 14.7. The van der Waals surface area contributed by atoms with Crippen LogP contribution >= 0.6 is 0 Å². The number of hydrogen-bond acceptors (Lipinski definition) is 2. The summed E-state index contributed by atoms with van der Waals surface area (Å²) in [6.07, 6.45) is -0.0100. The summed E-state index contributed by atoms with van der Waals surface area (Å²) in [4.78, 5) is 0. The average Bonchev–Trinajstić information content (AvgIpc) is 1.96. The van der Waals surface area contributed by atoms with E-state index in [0.717, 1.165) is 5.57 Å². The molecule has 0 aromatic heterocycles. The van der Waals surface area contributed by atoms with Gasteiger partial charge < -0.3 is 9.53 Å². The minimum absolute atomic E-state index is 0.0100. The second-order valence-corrected chi connectivity index (χ2v) is 7.12. The van der Waals surface area contributed by atoms with Crippen molar-refractivity contribution in [3.05, 3.63) is 12.2 Å². The Labute approximate surface area is 83.3 Å². The molecule has 0 bridgehead atoms. The second-order valence-electron chi connectivity index (χ2n) is 4.75. The smallest absolute Gasteiger partial charge is 0.171 e. The summed E-state index contributed by atoms with van der Waals surface area (Å²) < 4.78 is 5.85. The first-order chi connectivity index (χ1) is 5.79. The van der Waals surface area contributed by atoms with Gasteiger partial charge in [-0.3, -0.25) is 0 Å². The molecule has 0 rings (SSSR count). The summed E-state index contributed by atoms with van der Waals surface area (Å²) in [5.74, 6) is 0. The van der Waals surface area contributed by atoms with Gasteiger partial charge in [0.05, 0.1) is 12.7 Å². The molecule has 0 saturated heterocycles. The SMILES string of the molecule is C=C(CO)C(O[SiH](C)C)C(C)(C)C. The van der Waals surface area contributed by atoms with Crippen LogP contribution in [0.5, 0.6) is 0 Å². The van der Waals surface area contributed by atoms with Crippen molar-refractivity contribution >= 4 is 9.04 Å². The third-order valence-electron chi connectivity index (χ3n) is 1.77. The van der Waals surface area contributed by atoms with Gasteiger partial charge in [-0.05, 0) is 24.1 Å². The summed E-state index contributed by atoms with van der Waals surface area (Å²) in [5, 5.41) is 9.02. The zero-order valence-electron chi connectivity index (χ0n) is 9.42. The van der Waals surface area contributed by atoms with Gasteiger partial charge in [-0.15, -0.1) is 0 Å². The zero-order valence-corrected chi connectivity index (χ0v) is 10.6. The first-order valence-corrected chi connectivity index (χ1v) is 7.51. The third-order valence-corrected chi connectivity index (χ3v) is 2.59. The molecule has 0 aliphatic heterocycles. The minimum atomic E-state index is -1.07. The topological polar surface area (TPSA) is 29.5 Å². The van der Waals surface area contributed by atoms with Crippen LogP contribution in [0.2, 0.25) is 13.1 Å². The maximum atomic E-state index is 9.02. The van der Waals surface area contributed by atoms with Crippen molar-refractivity contribution in [2.24, 2.45) is 5.41 Å². The van der Waals surface area contributed by atoms with E-state index in [0.29, 0.717) is 0 Å². The molecule has 0 aromatic rings. The van der Waals surface area contributed by atoms with Crippen LogP contribution < -0.4 is 0 Å². The molecule has 0 aliphatic carbocycles. The fraction of sp³-hybridized carbons (Fsp3) is 0.800. The predicted octanol–water partition coefficient (Wildman–Crippen LogP) is 1.95. The lowest BCUT2D eigenvalue weighted by Crippen LogP contribution is -2.35. The minimum Gasteiger partial charge on any atom is -0.413 e. The molecule has 0 spiro atoms. The highest BCUT2D eigenvalue weighted by molar-refractivity contribution is 6.48. The quantitative estimate of drug-likeness (QED) is 0.558. The van der Waals surface area contributed by atoms with Crippen LogP contribution in [0, 0.1) is 5.41 Å². The van der Waals surface area contributed by atoms with E-state index >= 15 is 0 Å². The number of rotatable bonds is 4. The van der Waals surface area contributed by atoms with Crippen LogP contribution in [-0.2, 0) is 4.43 Å². The highest BCUT2D eigenvalue weighted by Crippen LogP contribution is 2.27. The molecular weight excluding hydrogens is 180 g/mol. The van der Waals surface area contributed by atoms with Crippen molar-refractivity contribution in [1.29, 1.82) is 0 Å². The van der Waals surface area contributed by atoms with Gasteiger partial charge in [0, 0.05) is 0 Å². The first-order valence-electron chi connectivity index (χ1n) is 4.73. The summed E-state index contributed by atoms with van der Waals surface area (Å²) in [7, 11) is -1.07. The fourth-order valence-electron chi connectivity index (χ4n) is 1.27. The van der Waals surface area contributed by atoms with Gasteiger partial charge in [0.25, 0.3) is 0 Å². The van der Waals surface area contributed by atoms with Crippen molar-refractivity contribution in [2.45, 2.75) is 40.0 Å². The molecule has 0 heterocycles. The van der Waals surface area contributed by atoms with Gasteiger partial charge in [0.2, 0.25) is 0 Å². The van der Waals surface area contributed by atoms with Crippen LogP contribution in [-0.4, -0.2) is 26.9 Å². The summed E-state index contributed by atoms with van der Waals surface area (Å²) in [5.41, 5.74) is 0.811. The van der Waals surface area contributed by atoms with E-state index in [1.807, 2.05) is 0 Å². The molecule has 0 radical (unpaired) electrons. The summed E-state index contributed by atoms with van der Waals surface area (Å²) in [6, 6.07) is 0. The molecule has 0 aromatic carbocycles. The predicted molar refractivity (Wildman–Crippen MR) is 59.4 cm³/mol. The molecule has 3 heteroatoms. The second kappa shape index (κ2) is 4.93. The summed E-state index contributed by atoms with van der Waals surface area (Å²) in [6.45, 7) is 14.4. The standard InChI is InChI=1S/C10H22O2Si/c1-8(7-11)9(10(2,3)4)12-13(5)6/h9,11,13H,1,7H2,2-6H3. The van der Waals surface area contributed by atoms with Gasteiger partial charge >= 0.3 is 0 Å². The Balaban J connectivity index is 4.47.